The number of hydrogen-bond donors (Lipinski definition) is 1. The quantitative estimate of drug-likeness (QED) is 0.846. The molecule has 1 spiro atoms. The summed E-state index contributed by atoms with van der Waals surface area (Å²) in [4.78, 5) is 29.4. The van der Waals surface area contributed by atoms with Crippen LogP contribution in [-0.2, 0) is 4.79 Å². The van der Waals surface area contributed by atoms with E-state index in [2.05, 4.69) is 10.3 Å². The minimum Gasteiger partial charge on any atom is -0.306 e. The number of ketones is 2. The van der Waals surface area contributed by atoms with Crippen LogP contribution in [-0.4, -0.2) is 29.1 Å². The van der Waals surface area contributed by atoms with E-state index >= 15 is 0 Å². The Morgan fingerprint density at radius 3 is 2.87 bits per heavy atom. The zero-order valence-electron chi connectivity index (χ0n) is 13.3. The fraction of sp³-hybridized carbons (Fsp3) is 0.444. The molecule has 0 saturated carbocycles. The van der Waals surface area contributed by atoms with Crippen LogP contribution in [0, 0.1) is 22.2 Å². The second-order valence-electron chi connectivity index (χ2n) is 7.01. The van der Waals surface area contributed by atoms with Crippen molar-refractivity contribution in [3.8, 4) is 6.07 Å². The lowest BCUT2D eigenvalue weighted by Crippen LogP contribution is -2.48. The number of allylic oxidation sites excluding steroid dienone is 1. The van der Waals surface area contributed by atoms with Gasteiger partial charge < -0.3 is 5.32 Å². The van der Waals surface area contributed by atoms with Gasteiger partial charge in [0.25, 0.3) is 0 Å². The first-order valence-electron chi connectivity index (χ1n) is 7.76. The van der Waals surface area contributed by atoms with E-state index in [1.165, 1.54) is 0 Å². The lowest BCUT2D eigenvalue weighted by atomic mass is 9.61. The summed E-state index contributed by atoms with van der Waals surface area (Å²) < 4.78 is 0. The molecule has 1 saturated heterocycles. The van der Waals surface area contributed by atoms with Crippen LogP contribution in [0.3, 0.4) is 0 Å². The molecular weight excluding hydrogens is 290 g/mol. The van der Waals surface area contributed by atoms with Crippen molar-refractivity contribution >= 4 is 11.6 Å². The Kier molecular flexibility index (Phi) is 3.65. The molecule has 5 nitrogen and oxygen atoms in total. The highest BCUT2D eigenvalue weighted by atomic mass is 16.1. The minimum atomic E-state index is -0.644. The second-order valence-corrected chi connectivity index (χ2v) is 7.01. The lowest BCUT2D eigenvalue weighted by molar-refractivity contribution is -0.125. The van der Waals surface area contributed by atoms with Crippen LogP contribution < -0.4 is 5.32 Å². The Balaban J connectivity index is 2.04. The normalized spacial score (nSPS) is 29.2. The summed E-state index contributed by atoms with van der Waals surface area (Å²) in [5, 5.41) is 12.6. The highest BCUT2D eigenvalue weighted by molar-refractivity contribution is 6.05. The van der Waals surface area contributed by atoms with Crippen LogP contribution in [0.2, 0.25) is 0 Å². The topological polar surface area (TPSA) is 82.9 Å². The van der Waals surface area contributed by atoms with Crippen LogP contribution in [0.4, 0.5) is 0 Å². The number of Topliss-reactive ketones (excluding diaryl/α,β-unsaturated/α-hetero) is 2. The number of carbonyl (C=O) groups is 2. The van der Waals surface area contributed by atoms with Gasteiger partial charge in [-0.2, -0.15) is 5.26 Å². The number of pyridine rings is 1. The SMILES string of the molecule is CC1(C)CC2(C=C(C#N)C1=O)CCNC2C(=O)c1ccccn1. The third-order valence-electron chi connectivity index (χ3n) is 4.88. The van der Waals surface area contributed by atoms with Gasteiger partial charge in [0.15, 0.2) is 11.6 Å². The van der Waals surface area contributed by atoms with Gasteiger partial charge in [-0.3, -0.25) is 14.6 Å². The van der Waals surface area contributed by atoms with Crippen LogP contribution in [0.25, 0.3) is 0 Å². The average molecular weight is 309 g/mol. The summed E-state index contributed by atoms with van der Waals surface area (Å²) in [5.41, 5.74) is -0.567. The van der Waals surface area contributed by atoms with Gasteiger partial charge >= 0.3 is 0 Å². The van der Waals surface area contributed by atoms with Crippen molar-refractivity contribution in [3.05, 3.63) is 41.7 Å². The molecule has 1 aliphatic carbocycles. The van der Waals surface area contributed by atoms with Crippen LogP contribution in [0.5, 0.6) is 0 Å². The molecule has 118 valence electrons. The van der Waals surface area contributed by atoms with Gasteiger partial charge in [0.1, 0.15) is 11.8 Å². The maximum absolute atomic E-state index is 12.9. The predicted octanol–water partition coefficient (Wildman–Crippen LogP) is 2.06. The summed E-state index contributed by atoms with van der Waals surface area (Å²) in [6, 6.07) is 6.82. The number of hydrogen-bond acceptors (Lipinski definition) is 5. The molecule has 0 radical (unpaired) electrons. The summed E-state index contributed by atoms with van der Waals surface area (Å²) in [6.07, 6.45) is 4.62. The number of carbonyl (C=O) groups excluding carboxylic acids is 2. The molecule has 0 aromatic carbocycles. The molecule has 2 atom stereocenters. The van der Waals surface area contributed by atoms with Crippen molar-refractivity contribution in [3.63, 3.8) is 0 Å². The van der Waals surface area contributed by atoms with Gasteiger partial charge in [-0.05, 0) is 31.5 Å². The zero-order valence-corrected chi connectivity index (χ0v) is 13.3. The summed E-state index contributed by atoms with van der Waals surface area (Å²) in [7, 11) is 0. The van der Waals surface area contributed by atoms with Crippen LogP contribution in [0.1, 0.15) is 37.2 Å². The molecule has 5 heteroatoms. The smallest absolute Gasteiger partial charge is 0.198 e. The standard InChI is InChI=1S/C18H19N3O2/c1-17(2)11-18(9-12(10-19)16(17)23)6-8-21-15(18)14(22)13-5-3-4-7-20-13/h3-5,7,9,15,21H,6,8,11H2,1-2H3. The molecule has 1 N–H and O–H groups in total. The van der Waals surface area contributed by atoms with Gasteiger partial charge in [-0.25, -0.2) is 0 Å². The molecule has 1 fully saturated rings. The third kappa shape index (κ3) is 2.49. The average Bonchev–Trinajstić information content (AvgIpc) is 2.93. The lowest BCUT2D eigenvalue weighted by Gasteiger charge is -2.41. The number of nitriles is 1. The molecule has 1 aliphatic heterocycles. The first-order valence-corrected chi connectivity index (χ1v) is 7.76. The van der Waals surface area contributed by atoms with Crippen molar-refractivity contribution < 1.29 is 9.59 Å². The molecule has 1 aromatic rings. The maximum atomic E-state index is 12.9. The van der Waals surface area contributed by atoms with Gasteiger partial charge in [-0.15, -0.1) is 0 Å². The Bertz CT molecular complexity index is 730. The fourth-order valence-electron chi connectivity index (χ4n) is 3.91. The first-order chi connectivity index (χ1) is 10.9. The first kappa shape index (κ1) is 15.6. The molecule has 0 amide bonds. The Hall–Kier alpha value is -2.32. The van der Waals surface area contributed by atoms with Crippen molar-refractivity contribution in [2.75, 3.05) is 6.54 Å². The summed E-state index contributed by atoms with van der Waals surface area (Å²) in [5.74, 6) is -0.219. The molecule has 3 rings (SSSR count). The Labute approximate surface area is 135 Å². The molecule has 2 unspecified atom stereocenters. The highest BCUT2D eigenvalue weighted by Crippen LogP contribution is 2.49. The Morgan fingerprint density at radius 2 is 2.22 bits per heavy atom. The molecule has 2 aliphatic rings. The number of nitrogens with zero attached hydrogens (tertiary/aromatic N) is 2. The van der Waals surface area contributed by atoms with E-state index in [4.69, 9.17) is 0 Å². The van der Waals surface area contributed by atoms with E-state index in [9.17, 15) is 14.9 Å². The second kappa shape index (κ2) is 5.39. The zero-order chi connectivity index (χ0) is 16.7. The predicted molar refractivity (Wildman–Crippen MR) is 84.5 cm³/mol. The van der Waals surface area contributed by atoms with Crippen LogP contribution >= 0.6 is 0 Å². The largest absolute Gasteiger partial charge is 0.306 e. The molecular formula is C18H19N3O2. The van der Waals surface area contributed by atoms with Gasteiger partial charge in [0.2, 0.25) is 0 Å². The van der Waals surface area contributed by atoms with E-state index in [1.807, 2.05) is 19.9 Å². The number of aromatic nitrogens is 1. The third-order valence-corrected chi connectivity index (χ3v) is 4.88. The van der Waals surface area contributed by atoms with Crippen molar-refractivity contribution in [2.24, 2.45) is 10.8 Å². The van der Waals surface area contributed by atoms with Crippen molar-refractivity contribution in [2.45, 2.75) is 32.7 Å². The van der Waals surface area contributed by atoms with Crippen molar-refractivity contribution in [1.82, 2.24) is 10.3 Å². The maximum Gasteiger partial charge on any atom is 0.198 e. The Morgan fingerprint density at radius 1 is 1.43 bits per heavy atom. The molecule has 1 aromatic heterocycles. The molecule has 0 bridgehead atoms. The molecule has 23 heavy (non-hydrogen) atoms. The van der Waals surface area contributed by atoms with Gasteiger partial charge in [0, 0.05) is 17.0 Å². The van der Waals surface area contributed by atoms with E-state index < -0.39 is 16.9 Å². The number of nitrogens with one attached hydrogen (secondary N) is 1. The summed E-state index contributed by atoms with van der Waals surface area (Å²) >= 11 is 0. The minimum absolute atomic E-state index is 0.0817. The monoisotopic (exact) mass is 309 g/mol. The van der Waals surface area contributed by atoms with E-state index in [0.29, 0.717) is 18.7 Å². The number of rotatable bonds is 2. The van der Waals surface area contributed by atoms with Gasteiger partial charge in [0.05, 0.1) is 11.6 Å². The van der Waals surface area contributed by atoms with Crippen molar-refractivity contribution in [1.29, 1.82) is 5.26 Å². The van der Waals surface area contributed by atoms with E-state index in [-0.39, 0.29) is 17.1 Å². The highest BCUT2D eigenvalue weighted by Gasteiger charge is 2.53. The van der Waals surface area contributed by atoms with E-state index in [1.54, 1.807) is 30.5 Å². The fourth-order valence-corrected chi connectivity index (χ4v) is 3.91. The van der Waals surface area contributed by atoms with Crippen LogP contribution in [0.15, 0.2) is 36.0 Å². The van der Waals surface area contributed by atoms with E-state index in [0.717, 1.165) is 6.42 Å². The van der Waals surface area contributed by atoms with Gasteiger partial charge in [-0.1, -0.05) is 26.0 Å². The summed E-state index contributed by atoms with van der Waals surface area (Å²) in [6.45, 7) is 4.38. The molecule has 2 heterocycles.